The van der Waals surface area contributed by atoms with Crippen LogP contribution in [-0.2, 0) is 26.3 Å². The van der Waals surface area contributed by atoms with E-state index in [1.54, 1.807) is 24.3 Å². The third-order valence-corrected chi connectivity index (χ3v) is 6.19. The molecule has 0 bridgehead atoms. The minimum Gasteiger partial charge on any atom is -0.480 e. The van der Waals surface area contributed by atoms with Gasteiger partial charge in [-0.2, -0.15) is 31.3 Å². The quantitative estimate of drug-likeness (QED) is 0.246. The van der Waals surface area contributed by atoms with Crippen LogP contribution in [0.25, 0.3) is 22.8 Å². The monoisotopic (exact) mass is 564 g/mol. The molecule has 14 heteroatoms. The van der Waals surface area contributed by atoms with E-state index in [9.17, 15) is 26.3 Å². The van der Waals surface area contributed by atoms with Crippen molar-refractivity contribution in [2.24, 2.45) is 7.05 Å². The molecule has 40 heavy (non-hydrogen) atoms. The number of nitrogens with zero attached hydrogens (tertiary/aromatic N) is 6. The third-order valence-electron chi connectivity index (χ3n) is 6.19. The van der Waals surface area contributed by atoms with Crippen LogP contribution >= 0.6 is 0 Å². The number of halogens is 6. The standard InChI is InChI=1S/C26H22F6N6O2/c1-38-11-18(26(30,31)32)36-22(38)16-5-3-14(4-6-16)12-40-23-17(9-25(27,28)29)10-33-21(37-23)19-20(15-7-8-15)34-13-35-24(19)39-2/h3-6,10-11,13,15H,7-9,12H2,1-2H3. The molecule has 0 radical (unpaired) electrons. The lowest BCUT2D eigenvalue weighted by Gasteiger charge is -2.15. The highest BCUT2D eigenvalue weighted by Gasteiger charge is 2.35. The molecule has 0 aliphatic heterocycles. The van der Waals surface area contributed by atoms with Gasteiger partial charge >= 0.3 is 12.4 Å². The molecule has 0 amide bonds. The van der Waals surface area contributed by atoms with Crippen LogP contribution in [0.2, 0.25) is 0 Å². The minimum atomic E-state index is -4.58. The maximum Gasteiger partial charge on any atom is 0.434 e. The molecule has 210 valence electrons. The molecule has 1 aliphatic rings. The summed E-state index contributed by atoms with van der Waals surface area (Å²) in [5.41, 5.74) is 0.747. The van der Waals surface area contributed by atoms with Gasteiger partial charge in [0.05, 0.1) is 19.2 Å². The summed E-state index contributed by atoms with van der Waals surface area (Å²) in [5.74, 6) is 0.270. The summed E-state index contributed by atoms with van der Waals surface area (Å²) >= 11 is 0. The second-order valence-electron chi connectivity index (χ2n) is 9.28. The smallest absolute Gasteiger partial charge is 0.434 e. The van der Waals surface area contributed by atoms with Crippen molar-refractivity contribution in [2.75, 3.05) is 7.11 Å². The zero-order valence-corrected chi connectivity index (χ0v) is 21.2. The predicted molar refractivity (Wildman–Crippen MR) is 129 cm³/mol. The Hall–Kier alpha value is -4.23. The van der Waals surface area contributed by atoms with Crippen LogP contribution in [0.1, 0.15) is 41.3 Å². The molecule has 1 aliphatic carbocycles. The minimum absolute atomic E-state index is 0.0749. The lowest BCUT2D eigenvalue weighted by molar-refractivity contribution is -0.141. The molecule has 1 fully saturated rings. The van der Waals surface area contributed by atoms with Crippen molar-refractivity contribution in [3.8, 4) is 34.5 Å². The van der Waals surface area contributed by atoms with E-state index in [1.807, 2.05) is 0 Å². The van der Waals surface area contributed by atoms with Crippen LogP contribution in [0.3, 0.4) is 0 Å². The van der Waals surface area contributed by atoms with E-state index in [2.05, 4.69) is 24.9 Å². The fourth-order valence-electron chi connectivity index (χ4n) is 4.16. The number of methoxy groups -OCH3 is 1. The van der Waals surface area contributed by atoms with Crippen LogP contribution < -0.4 is 9.47 Å². The van der Waals surface area contributed by atoms with Gasteiger partial charge in [0, 0.05) is 36.5 Å². The Morgan fingerprint density at radius 2 is 1.68 bits per heavy atom. The first-order valence-electron chi connectivity index (χ1n) is 12.1. The van der Waals surface area contributed by atoms with Crippen molar-refractivity contribution in [3.05, 3.63) is 65.5 Å². The predicted octanol–water partition coefficient (Wildman–Crippen LogP) is 5.92. The maximum atomic E-state index is 13.3. The van der Waals surface area contributed by atoms with Gasteiger partial charge in [0.2, 0.25) is 11.8 Å². The van der Waals surface area contributed by atoms with Crippen molar-refractivity contribution >= 4 is 0 Å². The van der Waals surface area contributed by atoms with Gasteiger partial charge in [-0.25, -0.2) is 19.9 Å². The van der Waals surface area contributed by atoms with E-state index in [0.29, 0.717) is 22.4 Å². The Kier molecular flexibility index (Phi) is 7.10. The van der Waals surface area contributed by atoms with E-state index < -0.39 is 24.5 Å². The largest absolute Gasteiger partial charge is 0.480 e. The maximum absolute atomic E-state index is 13.3. The normalized spacial score (nSPS) is 13.9. The van der Waals surface area contributed by atoms with Crippen LogP contribution in [0.4, 0.5) is 26.3 Å². The Balaban J connectivity index is 1.42. The van der Waals surface area contributed by atoms with Gasteiger partial charge < -0.3 is 14.0 Å². The summed E-state index contributed by atoms with van der Waals surface area (Å²) in [5, 5.41) is 0. The first-order valence-corrected chi connectivity index (χ1v) is 12.1. The second-order valence-corrected chi connectivity index (χ2v) is 9.28. The van der Waals surface area contributed by atoms with Gasteiger partial charge in [0.25, 0.3) is 0 Å². The van der Waals surface area contributed by atoms with Crippen molar-refractivity contribution in [2.45, 2.75) is 44.1 Å². The molecule has 4 aromatic rings. The Labute approximate surface area is 224 Å². The number of ether oxygens (including phenoxy) is 2. The molecule has 0 spiro atoms. The van der Waals surface area contributed by atoms with Gasteiger partial charge in [-0.05, 0) is 18.4 Å². The van der Waals surface area contributed by atoms with Crippen molar-refractivity contribution in [1.29, 1.82) is 0 Å². The van der Waals surface area contributed by atoms with Gasteiger partial charge in [-0.3, -0.25) is 0 Å². The second kappa shape index (κ2) is 10.4. The number of imidazole rings is 1. The molecule has 3 heterocycles. The van der Waals surface area contributed by atoms with Crippen molar-refractivity contribution < 1.29 is 35.8 Å². The summed E-state index contributed by atoms with van der Waals surface area (Å²) in [6.07, 6.45) is -5.31. The summed E-state index contributed by atoms with van der Waals surface area (Å²) in [6.45, 7) is -0.159. The first kappa shape index (κ1) is 27.3. The zero-order chi connectivity index (χ0) is 28.7. The molecule has 3 aromatic heterocycles. The van der Waals surface area contributed by atoms with Gasteiger partial charge in [-0.15, -0.1) is 0 Å². The molecule has 5 rings (SSSR count). The average Bonchev–Trinajstić information content (AvgIpc) is 3.67. The van der Waals surface area contributed by atoms with Crippen LogP contribution in [0.15, 0.2) is 43.0 Å². The lowest BCUT2D eigenvalue weighted by Crippen LogP contribution is -2.14. The van der Waals surface area contributed by atoms with Crippen molar-refractivity contribution in [3.63, 3.8) is 0 Å². The lowest BCUT2D eigenvalue weighted by atomic mass is 10.1. The van der Waals surface area contributed by atoms with Crippen molar-refractivity contribution in [1.82, 2.24) is 29.5 Å². The molecule has 0 saturated heterocycles. The molecule has 1 aromatic carbocycles. The zero-order valence-electron chi connectivity index (χ0n) is 21.2. The number of alkyl halides is 6. The van der Waals surface area contributed by atoms with E-state index in [1.165, 1.54) is 25.1 Å². The highest BCUT2D eigenvalue weighted by Crippen LogP contribution is 2.45. The number of aromatic nitrogens is 6. The van der Waals surface area contributed by atoms with Crippen LogP contribution in [0, 0.1) is 0 Å². The fourth-order valence-corrected chi connectivity index (χ4v) is 4.16. The van der Waals surface area contributed by atoms with E-state index in [-0.39, 0.29) is 41.5 Å². The fraction of sp³-hybridized carbons (Fsp3) is 0.346. The average molecular weight is 564 g/mol. The number of aryl methyl sites for hydroxylation is 1. The van der Waals surface area contributed by atoms with Gasteiger partial charge in [0.1, 0.15) is 24.3 Å². The topological polar surface area (TPSA) is 87.8 Å². The highest BCUT2D eigenvalue weighted by molar-refractivity contribution is 5.66. The summed E-state index contributed by atoms with van der Waals surface area (Å²) in [7, 11) is 2.86. The number of hydrogen-bond acceptors (Lipinski definition) is 7. The Morgan fingerprint density at radius 1 is 0.950 bits per heavy atom. The van der Waals surface area contributed by atoms with Gasteiger partial charge in [-0.1, -0.05) is 24.3 Å². The highest BCUT2D eigenvalue weighted by atomic mass is 19.4. The molecule has 8 nitrogen and oxygen atoms in total. The summed E-state index contributed by atoms with van der Waals surface area (Å²) in [6, 6.07) is 6.28. The molecular formula is C26H22F6N6O2. The third kappa shape index (κ3) is 6.00. The van der Waals surface area contributed by atoms with E-state index >= 15 is 0 Å². The Morgan fingerprint density at radius 3 is 2.27 bits per heavy atom. The van der Waals surface area contributed by atoms with Crippen LogP contribution in [-0.4, -0.2) is 42.8 Å². The molecular weight excluding hydrogens is 542 g/mol. The Bertz CT molecular complexity index is 1510. The van der Waals surface area contributed by atoms with Gasteiger partial charge in [0.15, 0.2) is 11.5 Å². The SMILES string of the molecule is COc1ncnc(C2CC2)c1-c1ncc(CC(F)(F)F)c(OCc2ccc(-c3nc(C(F)(F)F)cn3C)cc2)n1. The molecule has 1 saturated carbocycles. The molecule has 0 unspecified atom stereocenters. The van der Waals surface area contributed by atoms with E-state index in [0.717, 1.165) is 25.2 Å². The number of rotatable bonds is 8. The summed E-state index contributed by atoms with van der Waals surface area (Å²) < 4.78 is 91.3. The van der Waals surface area contributed by atoms with E-state index in [4.69, 9.17) is 9.47 Å². The first-order chi connectivity index (χ1) is 18.9. The van der Waals surface area contributed by atoms with Crippen LogP contribution in [0.5, 0.6) is 11.8 Å². The number of benzene rings is 1. The summed E-state index contributed by atoms with van der Waals surface area (Å²) in [4.78, 5) is 20.6. The number of hydrogen-bond donors (Lipinski definition) is 0. The molecule has 0 N–H and O–H groups in total. The molecule has 0 atom stereocenters.